The average Bonchev–Trinajstić information content (AvgIpc) is 3.17. The molecule has 3 aromatic carbocycles. The molecule has 34 heavy (non-hydrogen) atoms. The van der Waals surface area contributed by atoms with E-state index in [0.29, 0.717) is 22.5 Å². The molecule has 172 valence electrons. The second kappa shape index (κ2) is 9.68. The number of hydrogen-bond donors (Lipinski definition) is 0. The second-order valence-electron chi connectivity index (χ2n) is 8.05. The number of azide groups is 1. The number of nitrogens with zero attached hydrogens (tertiary/aromatic N) is 4. The van der Waals surface area contributed by atoms with Crippen LogP contribution in [0.15, 0.2) is 65.8 Å². The van der Waals surface area contributed by atoms with Crippen molar-refractivity contribution in [3.63, 3.8) is 0 Å². The highest BCUT2D eigenvalue weighted by molar-refractivity contribution is 5.90. The van der Waals surface area contributed by atoms with Crippen LogP contribution in [0.2, 0.25) is 0 Å². The Morgan fingerprint density at radius 3 is 2.26 bits per heavy atom. The lowest BCUT2D eigenvalue weighted by Crippen LogP contribution is -2.29. The van der Waals surface area contributed by atoms with Crippen molar-refractivity contribution in [2.75, 3.05) is 25.7 Å². The first-order chi connectivity index (χ1) is 16.4. The topological polar surface area (TPSA) is 105 Å². The van der Waals surface area contributed by atoms with E-state index in [2.05, 4.69) is 34.3 Å². The van der Waals surface area contributed by atoms with Gasteiger partial charge in [0, 0.05) is 23.6 Å². The van der Waals surface area contributed by atoms with Gasteiger partial charge >= 0.3 is 12.1 Å². The molecule has 0 atom stereocenters. The van der Waals surface area contributed by atoms with Crippen LogP contribution in [0.5, 0.6) is 0 Å². The van der Waals surface area contributed by atoms with Crippen molar-refractivity contribution < 1.29 is 19.1 Å². The number of carbonyl (C=O) groups is 2. The van der Waals surface area contributed by atoms with Gasteiger partial charge in [0.05, 0.1) is 19.2 Å². The smallest absolute Gasteiger partial charge is 0.414 e. The molecule has 1 aliphatic rings. The summed E-state index contributed by atoms with van der Waals surface area (Å²) in [6, 6.07) is 19.5. The van der Waals surface area contributed by atoms with Crippen LogP contribution < -0.4 is 4.90 Å². The third-order valence-corrected chi connectivity index (χ3v) is 6.17. The van der Waals surface area contributed by atoms with Gasteiger partial charge in [0.1, 0.15) is 6.61 Å². The van der Waals surface area contributed by atoms with Crippen LogP contribution in [0.4, 0.5) is 16.2 Å². The molecular weight excluding hydrogens is 432 g/mol. The van der Waals surface area contributed by atoms with Gasteiger partial charge in [-0.3, -0.25) is 9.69 Å². The summed E-state index contributed by atoms with van der Waals surface area (Å²) in [6.45, 7) is 1.97. The molecule has 0 unspecified atom stereocenters. The Morgan fingerprint density at radius 1 is 1.06 bits per heavy atom. The Morgan fingerprint density at radius 2 is 1.68 bits per heavy atom. The molecule has 1 amide bonds. The zero-order valence-corrected chi connectivity index (χ0v) is 19.2. The van der Waals surface area contributed by atoms with E-state index in [9.17, 15) is 9.59 Å². The van der Waals surface area contributed by atoms with Crippen molar-refractivity contribution in [3.05, 3.63) is 93.4 Å². The second-order valence-corrected chi connectivity index (χ2v) is 8.05. The van der Waals surface area contributed by atoms with Gasteiger partial charge in [-0.05, 0) is 58.0 Å². The molecule has 0 fully saturated rings. The molecule has 0 saturated carbocycles. The monoisotopic (exact) mass is 456 g/mol. The molecule has 0 radical (unpaired) electrons. The summed E-state index contributed by atoms with van der Waals surface area (Å²) in [7, 11) is 2.89. The van der Waals surface area contributed by atoms with Crippen LogP contribution in [0.25, 0.3) is 21.6 Å². The molecule has 0 heterocycles. The van der Waals surface area contributed by atoms with E-state index in [1.807, 2.05) is 24.3 Å². The normalized spacial score (nSPS) is 11.7. The summed E-state index contributed by atoms with van der Waals surface area (Å²) in [6.07, 6.45) is -0.560. The number of amides is 1. The van der Waals surface area contributed by atoms with Gasteiger partial charge in [-0.1, -0.05) is 53.6 Å². The average molecular weight is 457 g/mol. The Bertz CT molecular complexity index is 1270. The maximum absolute atomic E-state index is 13.0. The van der Waals surface area contributed by atoms with Crippen molar-refractivity contribution in [3.8, 4) is 11.1 Å². The maximum Gasteiger partial charge on any atom is 0.414 e. The Balaban J connectivity index is 1.58. The van der Waals surface area contributed by atoms with Gasteiger partial charge in [-0.25, -0.2) is 4.79 Å². The molecule has 8 heteroatoms. The summed E-state index contributed by atoms with van der Waals surface area (Å²) >= 11 is 0. The minimum Gasteiger partial charge on any atom is -0.469 e. The van der Waals surface area contributed by atoms with Gasteiger partial charge in [-0.15, -0.1) is 0 Å². The number of carbonyl (C=O) groups excluding carboxylic acids is 2. The number of anilines is 1. The number of methoxy groups -OCH3 is 1. The zero-order valence-electron chi connectivity index (χ0n) is 19.2. The molecule has 8 nitrogen and oxygen atoms in total. The van der Waals surface area contributed by atoms with Gasteiger partial charge in [0.2, 0.25) is 0 Å². The van der Waals surface area contributed by atoms with Crippen molar-refractivity contribution in [1.82, 2.24) is 0 Å². The van der Waals surface area contributed by atoms with E-state index >= 15 is 0 Å². The molecule has 0 aliphatic heterocycles. The van der Waals surface area contributed by atoms with Gasteiger partial charge in [-0.2, -0.15) is 0 Å². The largest absolute Gasteiger partial charge is 0.469 e. The van der Waals surface area contributed by atoms with Crippen molar-refractivity contribution >= 4 is 23.4 Å². The molecule has 0 spiro atoms. The lowest BCUT2D eigenvalue weighted by Gasteiger charge is -2.23. The van der Waals surface area contributed by atoms with Crippen LogP contribution in [0, 0.1) is 6.92 Å². The Kier molecular flexibility index (Phi) is 6.52. The molecule has 0 N–H and O–H groups in total. The number of ether oxygens (including phenoxy) is 2. The summed E-state index contributed by atoms with van der Waals surface area (Å²) in [5.74, 6) is -0.494. The first-order valence-corrected chi connectivity index (χ1v) is 10.8. The Labute approximate surface area is 197 Å². The van der Waals surface area contributed by atoms with E-state index in [1.165, 1.54) is 12.0 Å². The third kappa shape index (κ3) is 4.31. The SMILES string of the molecule is COC(=O)Cc1cc(N=[N+]=[N-])cc(N(C)C(=O)OCC2c3ccccc3-c3ccccc32)c1C. The highest BCUT2D eigenvalue weighted by atomic mass is 16.6. The number of benzene rings is 3. The van der Waals surface area contributed by atoms with Gasteiger partial charge < -0.3 is 9.47 Å². The molecule has 0 aromatic heterocycles. The van der Waals surface area contributed by atoms with Crippen molar-refractivity contribution in [2.45, 2.75) is 19.3 Å². The number of hydrogen-bond acceptors (Lipinski definition) is 5. The molecular formula is C26H24N4O4. The molecule has 3 aromatic rings. The molecule has 1 aliphatic carbocycles. The predicted molar refractivity (Wildman–Crippen MR) is 129 cm³/mol. The first kappa shape index (κ1) is 22.9. The summed E-state index contributed by atoms with van der Waals surface area (Å²) in [4.78, 5) is 29.1. The van der Waals surface area contributed by atoms with E-state index in [0.717, 1.165) is 22.3 Å². The van der Waals surface area contributed by atoms with E-state index in [-0.39, 0.29) is 18.9 Å². The predicted octanol–water partition coefficient (Wildman–Crippen LogP) is 6.04. The first-order valence-electron chi connectivity index (χ1n) is 10.8. The van der Waals surface area contributed by atoms with E-state index in [4.69, 9.17) is 15.0 Å². The zero-order chi connectivity index (χ0) is 24.2. The van der Waals surface area contributed by atoms with Gasteiger partial charge in [0.25, 0.3) is 0 Å². The van der Waals surface area contributed by atoms with Crippen LogP contribution >= 0.6 is 0 Å². The van der Waals surface area contributed by atoms with Crippen LogP contribution in [-0.4, -0.2) is 32.8 Å². The molecule has 0 bridgehead atoms. The molecule has 4 rings (SSSR count). The minimum absolute atomic E-state index is 0.0113. The summed E-state index contributed by atoms with van der Waals surface area (Å²) in [5, 5.41) is 3.65. The van der Waals surface area contributed by atoms with Gasteiger partial charge in [0.15, 0.2) is 0 Å². The third-order valence-electron chi connectivity index (χ3n) is 6.17. The van der Waals surface area contributed by atoms with Crippen LogP contribution in [0.1, 0.15) is 28.2 Å². The number of esters is 1. The van der Waals surface area contributed by atoms with E-state index in [1.54, 1.807) is 26.1 Å². The summed E-state index contributed by atoms with van der Waals surface area (Å²) < 4.78 is 10.5. The van der Waals surface area contributed by atoms with Crippen molar-refractivity contribution in [1.29, 1.82) is 0 Å². The fourth-order valence-corrected chi connectivity index (χ4v) is 4.40. The van der Waals surface area contributed by atoms with Crippen LogP contribution in [-0.2, 0) is 20.7 Å². The molecule has 0 saturated heterocycles. The highest BCUT2D eigenvalue weighted by Gasteiger charge is 2.29. The maximum atomic E-state index is 13.0. The highest BCUT2D eigenvalue weighted by Crippen LogP contribution is 2.44. The number of fused-ring (bicyclic) bond motifs is 3. The minimum atomic E-state index is -0.549. The number of rotatable bonds is 6. The van der Waals surface area contributed by atoms with Crippen LogP contribution in [0.3, 0.4) is 0 Å². The fourth-order valence-electron chi connectivity index (χ4n) is 4.40. The van der Waals surface area contributed by atoms with Crippen molar-refractivity contribution in [2.24, 2.45) is 5.11 Å². The summed E-state index contributed by atoms with van der Waals surface area (Å²) in [5.41, 5.74) is 15.5. The fraction of sp³-hybridized carbons (Fsp3) is 0.231. The Hall–Kier alpha value is -4.29. The van der Waals surface area contributed by atoms with E-state index < -0.39 is 12.1 Å². The quantitative estimate of drug-likeness (QED) is 0.195. The lowest BCUT2D eigenvalue weighted by molar-refractivity contribution is -0.139. The standard InChI is InChI=1S/C26H24N4O4/c1-16-17(13-25(31)33-3)12-18(28-29-27)14-24(16)30(2)26(32)34-15-23-21-10-6-4-8-19(21)20-9-5-7-11-22(20)23/h4-12,14,23H,13,15H2,1-3H3. The lowest BCUT2D eigenvalue weighted by atomic mass is 9.98.